The third-order valence-corrected chi connectivity index (χ3v) is 1.28. The highest BCUT2D eigenvalue weighted by Crippen LogP contribution is 2.03. The second-order valence-electron chi connectivity index (χ2n) is 1.93. The van der Waals surface area contributed by atoms with E-state index in [1.54, 1.807) is 0 Å². The molecule has 0 atom stereocenters. The van der Waals surface area contributed by atoms with E-state index in [1.807, 2.05) is 19.9 Å². The molecule has 0 unspecified atom stereocenters. The van der Waals surface area contributed by atoms with Gasteiger partial charge >= 0.3 is 0 Å². The maximum Gasteiger partial charge on any atom is 0.158 e. The first-order valence-electron chi connectivity index (χ1n) is 3.10. The van der Waals surface area contributed by atoms with Crippen molar-refractivity contribution in [2.45, 2.75) is 13.8 Å². The smallest absolute Gasteiger partial charge is 0.158 e. The average Bonchev–Trinajstić information content (AvgIpc) is 2.05. The molecule has 0 aliphatic heterocycles. The molecule has 0 aliphatic carbocycles. The van der Waals surface area contributed by atoms with Gasteiger partial charge in [-0.3, -0.25) is 0 Å². The van der Waals surface area contributed by atoms with E-state index in [4.69, 9.17) is 0 Å². The van der Waals surface area contributed by atoms with Gasteiger partial charge in [0, 0.05) is 0 Å². The summed E-state index contributed by atoms with van der Waals surface area (Å²) < 4.78 is 0. The zero-order valence-electron chi connectivity index (χ0n) is 6.07. The highest BCUT2D eigenvalue weighted by atomic mass is 15.0. The van der Waals surface area contributed by atoms with Gasteiger partial charge in [-0.15, -0.1) is 0 Å². The minimum atomic E-state index is 0.748. The quantitative estimate of drug-likeness (QED) is 0.582. The summed E-state index contributed by atoms with van der Waals surface area (Å²) in [5.41, 5.74) is 1.07. The molecule has 0 saturated heterocycles. The molecule has 0 fully saturated rings. The van der Waals surface area contributed by atoms with Gasteiger partial charge in [0.05, 0.1) is 0 Å². The zero-order valence-corrected chi connectivity index (χ0v) is 6.07. The normalized spacial score (nSPS) is 11.6. The Kier molecular flexibility index (Phi) is 2.10. The molecular weight excluding hydrogens is 126 g/mol. The Hall–Kier alpha value is -1.25. The summed E-state index contributed by atoms with van der Waals surface area (Å²) in [5, 5.41) is 0. The van der Waals surface area contributed by atoms with Crippen LogP contribution in [0.3, 0.4) is 0 Å². The lowest BCUT2D eigenvalue weighted by Crippen LogP contribution is -1.90. The van der Waals surface area contributed by atoms with Crippen LogP contribution in [0.2, 0.25) is 0 Å². The van der Waals surface area contributed by atoms with Gasteiger partial charge in [-0.05, 0) is 19.4 Å². The van der Waals surface area contributed by atoms with Crippen molar-refractivity contribution in [2.75, 3.05) is 0 Å². The van der Waals surface area contributed by atoms with Crippen LogP contribution in [0.1, 0.15) is 19.7 Å². The maximum absolute atomic E-state index is 3.96. The van der Waals surface area contributed by atoms with Crippen molar-refractivity contribution in [3.05, 3.63) is 24.6 Å². The summed E-state index contributed by atoms with van der Waals surface area (Å²) in [6, 6.07) is 0. The largest absolute Gasteiger partial charge is 0.225 e. The molecule has 1 heterocycles. The van der Waals surface area contributed by atoms with Crippen LogP contribution >= 0.6 is 0 Å². The molecule has 0 N–H and O–H groups in total. The topological polar surface area (TPSA) is 38.7 Å². The van der Waals surface area contributed by atoms with Gasteiger partial charge in [-0.1, -0.05) is 6.08 Å². The third kappa shape index (κ3) is 1.37. The van der Waals surface area contributed by atoms with Crippen LogP contribution in [-0.2, 0) is 0 Å². The van der Waals surface area contributed by atoms with Crippen molar-refractivity contribution in [3.63, 3.8) is 0 Å². The number of rotatable bonds is 1. The van der Waals surface area contributed by atoms with Gasteiger partial charge in [0.1, 0.15) is 12.7 Å². The molecule has 1 rings (SSSR count). The molecule has 0 amide bonds. The van der Waals surface area contributed by atoms with Crippen LogP contribution in [-0.4, -0.2) is 15.0 Å². The monoisotopic (exact) mass is 135 g/mol. The molecule has 3 heteroatoms. The summed E-state index contributed by atoms with van der Waals surface area (Å²) in [6.07, 6.45) is 4.96. The van der Waals surface area contributed by atoms with Gasteiger partial charge in [0.25, 0.3) is 0 Å². The predicted molar refractivity (Wildman–Crippen MR) is 39.2 cm³/mol. The van der Waals surface area contributed by atoms with E-state index in [2.05, 4.69) is 15.0 Å². The van der Waals surface area contributed by atoms with Crippen molar-refractivity contribution >= 4 is 5.57 Å². The second-order valence-corrected chi connectivity index (χ2v) is 1.93. The molecule has 3 nitrogen and oxygen atoms in total. The standard InChI is InChI=1S/C7H9N3/c1-3-6(2)7-9-4-8-5-10-7/h3-5H,1-2H3. The third-order valence-electron chi connectivity index (χ3n) is 1.28. The molecular formula is C7H9N3. The van der Waals surface area contributed by atoms with Crippen molar-refractivity contribution in [2.24, 2.45) is 0 Å². The van der Waals surface area contributed by atoms with E-state index in [1.165, 1.54) is 12.7 Å². The first-order chi connectivity index (χ1) is 4.84. The summed E-state index contributed by atoms with van der Waals surface area (Å²) in [6.45, 7) is 3.93. The fourth-order valence-corrected chi connectivity index (χ4v) is 0.572. The Bertz CT molecular complexity index is 228. The van der Waals surface area contributed by atoms with Crippen molar-refractivity contribution < 1.29 is 0 Å². The lowest BCUT2D eigenvalue weighted by atomic mass is 10.3. The molecule has 0 bridgehead atoms. The maximum atomic E-state index is 3.96. The van der Waals surface area contributed by atoms with E-state index in [9.17, 15) is 0 Å². The Morgan fingerprint density at radius 1 is 1.40 bits per heavy atom. The Morgan fingerprint density at radius 3 is 2.50 bits per heavy atom. The Labute approximate surface area is 59.9 Å². The molecule has 0 radical (unpaired) electrons. The zero-order chi connectivity index (χ0) is 7.40. The van der Waals surface area contributed by atoms with Crippen LogP contribution in [0.4, 0.5) is 0 Å². The van der Waals surface area contributed by atoms with Crippen LogP contribution in [0.5, 0.6) is 0 Å². The fraction of sp³-hybridized carbons (Fsp3) is 0.286. The highest BCUT2D eigenvalue weighted by Gasteiger charge is 1.93. The molecule has 10 heavy (non-hydrogen) atoms. The molecule has 52 valence electrons. The van der Waals surface area contributed by atoms with Crippen LogP contribution in [0.25, 0.3) is 5.57 Å². The SMILES string of the molecule is CC=C(C)c1ncncn1. The van der Waals surface area contributed by atoms with E-state index in [-0.39, 0.29) is 0 Å². The van der Waals surface area contributed by atoms with Gasteiger partial charge in [0.2, 0.25) is 0 Å². The first-order valence-corrected chi connectivity index (χ1v) is 3.10. The molecule has 0 aliphatic rings. The summed E-state index contributed by atoms with van der Waals surface area (Å²) >= 11 is 0. The Balaban J connectivity index is 2.96. The van der Waals surface area contributed by atoms with Crippen molar-refractivity contribution in [1.82, 2.24) is 15.0 Å². The van der Waals surface area contributed by atoms with E-state index >= 15 is 0 Å². The number of nitrogens with zero attached hydrogens (tertiary/aromatic N) is 3. The number of aromatic nitrogens is 3. The lowest BCUT2D eigenvalue weighted by Gasteiger charge is -1.93. The van der Waals surface area contributed by atoms with Gasteiger partial charge < -0.3 is 0 Å². The van der Waals surface area contributed by atoms with Gasteiger partial charge in [-0.25, -0.2) is 15.0 Å². The average molecular weight is 135 g/mol. The van der Waals surface area contributed by atoms with E-state index in [0.717, 1.165) is 11.4 Å². The number of hydrogen-bond acceptors (Lipinski definition) is 3. The predicted octanol–water partition coefficient (Wildman–Crippen LogP) is 1.29. The second kappa shape index (κ2) is 3.06. The van der Waals surface area contributed by atoms with E-state index in [0.29, 0.717) is 0 Å². The van der Waals surface area contributed by atoms with Crippen molar-refractivity contribution in [3.8, 4) is 0 Å². The first kappa shape index (κ1) is 6.86. The van der Waals surface area contributed by atoms with Crippen LogP contribution < -0.4 is 0 Å². The number of hydrogen-bond donors (Lipinski definition) is 0. The van der Waals surface area contributed by atoms with Gasteiger partial charge in [-0.2, -0.15) is 0 Å². The molecule has 1 aromatic heterocycles. The summed E-state index contributed by atoms with van der Waals surface area (Å²) in [7, 11) is 0. The van der Waals surface area contributed by atoms with Crippen LogP contribution in [0, 0.1) is 0 Å². The Morgan fingerprint density at radius 2 is 2.00 bits per heavy atom. The summed E-state index contributed by atoms with van der Waals surface area (Å²) in [4.78, 5) is 11.6. The number of allylic oxidation sites excluding steroid dienone is 2. The van der Waals surface area contributed by atoms with Gasteiger partial charge in [0.15, 0.2) is 5.82 Å². The minimum Gasteiger partial charge on any atom is -0.225 e. The minimum absolute atomic E-state index is 0.748. The van der Waals surface area contributed by atoms with E-state index < -0.39 is 0 Å². The lowest BCUT2D eigenvalue weighted by molar-refractivity contribution is 1.01. The molecule has 1 aromatic rings. The molecule has 0 saturated carbocycles. The van der Waals surface area contributed by atoms with Crippen molar-refractivity contribution in [1.29, 1.82) is 0 Å². The molecule has 0 aromatic carbocycles. The fourth-order valence-electron chi connectivity index (χ4n) is 0.572. The summed E-state index contributed by atoms with van der Waals surface area (Å²) in [5.74, 6) is 0.748. The van der Waals surface area contributed by atoms with Crippen LogP contribution in [0.15, 0.2) is 18.7 Å². The molecule has 0 spiro atoms. The highest BCUT2D eigenvalue weighted by molar-refractivity contribution is 5.55.